The third kappa shape index (κ3) is 5.11. The minimum Gasteiger partial charge on any atom is -0.478 e. The zero-order valence-electron chi connectivity index (χ0n) is 10.3. The summed E-state index contributed by atoms with van der Waals surface area (Å²) >= 11 is 1.34. The van der Waals surface area contributed by atoms with Crippen LogP contribution in [0.25, 0.3) is 6.08 Å². The van der Waals surface area contributed by atoms with Crippen LogP contribution in [-0.2, 0) is 4.79 Å². The largest absolute Gasteiger partial charge is 0.478 e. The van der Waals surface area contributed by atoms with E-state index in [1.54, 1.807) is 11.4 Å². The van der Waals surface area contributed by atoms with Gasteiger partial charge in [0, 0.05) is 29.4 Å². The van der Waals surface area contributed by atoms with Gasteiger partial charge in [-0.25, -0.2) is 4.79 Å². The van der Waals surface area contributed by atoms with Crippen LogP contribution in [0.5, 0.6) is 0 Å². The molecule has 1 aromatic rings. The lowest BCUT2D eigenvalue weighted by molar-refractivity contribution is -0.131. The van der Waals surface area contributed by atoms with E-state index in [9.17, 15) is 9.59 Å². The van der Waals surface area contributed by atoms with E-state index in [1.165, 1.54) is 17.4 Å². The molecule has 1 heterocycles. The summed E-state index contributed by atoms with van der Waals surface area (Å²) in [5.74, 6) is -1.14. The molecule has 0 unspecified atom stereocenters. The van der Waals surface area contributed by atoms with Crippen LogP contribution in [0.15, 0.2) is 17.5 Å². The molecule has 0 atom stereocenters. The quantitative estimate of drug-likeness (QED) is 0.759. The number of hydrogen-bond acceptors (Lipinski definition) is 4. The summed E-state index contributed by atoms with van der Waals surface area (Å²) in [4.78, 5) is 24.8. The van der Waals surface area contributed by atoms with Crippen LogP contribution < -0.4 is 5.32 Å². The number of carboxylic acids is 1. The molecule has 0 saturated heterocycles. The highest BCUT2D eigenvalue weighted by Gasteiger charge is 2.07. The minimum atomic E-state index is -1.000. The average molecular weight is 268 g/mol. The smallest absolute Gasteiger partial charge is 0.328 e. The Morgan fingerprint density at radius 1 is 1.50 bits per heavy atom. The van der Waals surface area contributed by atoms with Gasteiger partial charge in [0.1, 0.15) is 0 Å². The Labute approximate surface area is 110 Å². The van der Waals surface area contributed by atoms with Gasteiger partial charge in [-0.15, -0.1) is 11.3 Å². The number of hydrogen-bond donors (Lipinski definition) is 2. The summed E-state index contributed by atoms with van der Waals surface area (Å²) in [6, 6.07) is 1.68. The number of amides is 1. The molecule has 0 radical (unpaired) electrons. The fraction of sp³-hybridized carbons (Fsp3) is 0.333. The Kier molecular flexibility index (Phi) is 5.54. The summed E-state index contributed by atoms with van der Waals surface area (Å²) in [5.41, 5.74) is 0.559. The third-order valence-corrected chi connectivity index (χ3v) is 3.01. The molecular weight excluding hydrogens is 252 g/mol. The number of nitrogens with one attached hydrogen (secondary N) is 1. The number of rotatable bonds is 6. The second-order valence-electron chi connectivity index (χ2n) is 3.97. The van der Waals surface area contributed by atoms with Crippen LogP contribution in [0.3, 0.4) is 0 Å². The lowest BCUT2D eigenvalue weighted by Crippen LogP contribution is -2.31. The monoisotopic (exact) mass is 268 g/mol. The van der Waals surface area contributed by atoms with E-state index < -0.39 is 5.97 Å². The van der Waals surface area contributed by atoms with Gasteiger partial charge < -0.3 is 15.3 Å². The third-order valence-electron chi connectivity index (χ3n) is 2.12. The molecule has 6 heteroatoms. The predicted molar refractivity (Wildman–Crippen MR) is 71.9 cm³/mol. The van der Waals surface area contributed by atoms with Gasteiger partial charge in [0.05, 0.1) is 5.56 Å². The number of carboxylic acid groups (broad SMARTS) is 1. The first kappa shape index (κ1) is 14.4. The van der Waals surface area contributed by atoms with Gasteiger partial charge >= 0.3 is 5.97 Å². The number of carbonyl (C=O) groups is 2. The van der Waals surface area contributed by atoms with Crippen molar-refractivity contribution in [2.45, 2.75) is 0 Å². The molecule has 0 bridgehead atoms. The van der Waals surface area contributed by atoms with Crippen molar-refractivity contribution in [2.24, 2.45) is 0 Å². The maximum absolute atomic E-state index is 11.7. The van der Waals surface area contributed by atoms with Gasteiger partial charge in [-0.05, 0) is 26.2 Å². The number of likely N-dealkylation sites (N-methyl/N-ethyl adjacent to an activating group) is 1. The van der Waals surface area contributed by atoms with E-state index in [4.69, 9.17) is 5.11 Å². The van der Waals surface area contributed by atoms with Crippen molar-refractivity contribution in [3.05, 3.63) is 28.0 Å². The minimum absolute atomic E-state index is 0.136. The molecule has 98 valence electrons. The van der Waals surface area contributed by atoms with E-state index >= 15 is 0 Å². The zero-order chi connectivity index (χ0) is 13.5. The Hall–Kier alpha value is -1.66. The molecule has 0 aromatic carbocycles. The van der Waals surface area contributed by atoms with Crippen LogP contribution in [0, 0.1) is 0 Å². The predicted octanol–water partition coefficient (Wildman–Crippen LogP) is 1.14. The van der Waals surface area contributed by atoms with Crippen LogP contribution in [0.1, 0.15) is 15.2 Å². The normalized spacial score (nSPS) is 11.1. The Morgan fingerprint density at radius 2 is 2.22 bits per heavy atom. The second-order valence-corrected chi connectivity index (χ2v) is 4.91. The molecule has 0 saturated carbocycles. The molecular formula is C12H16N2O3S. The van der Waals surface area contributed by atoms with Gasteiger partial charge in [0.25, 0.3) is 5.91 Å². The number of aliphatic carboxylic acids is 1. The summed E-state index contributed by atoms with van der Waals surface area (Å²) in [7, 11) is 3.87. The van der Waals surface area contributed by atoms with E-state index in [2.05, 4.69) is 5.32 Å². The molecule has 0 spiro atoms. The lowest BCUT2D eigenvalue weighted by Gasteiger charge is -2.09. The topological polar surface area (TPSA) is 69.6 Å². The zero-order valence-corrected chi connectivity index (χ0v) is 11.2. The molecule has 0 aliphatic heterocycles. The van der Waals surface area contributed by atoms with Gasteiger partial charge in [-0.1, -0.05) is 0 Å². The SMILES string of the molecule is CN(C)CCNC(=O)c1csc(C=CC(=O)O)c1. The molecule has 5 nitrogen and oxygen atoms in total. The summed E-state index contributed by atoms with van der Waals surface area (Å²) in [5, 5.41) is 13.0. The first-order chi connectivity index (χ1) is 8.49. The van der Waals surface area contributed by atoms with Crippen LogP contribution in [0.2, 0.25) is 0 Å². The molecule has 0 aliphatic carbocycles. The molecule has 18 heavy (non-hydrogen) atoms. The highest BCUT2D eigenvalue weighted by atomic mass is 32.1. The van der Waals surface area contributed by atoms with Gasteiger partial charge in [0.2, 0.25) is 0 Å². The Bertz CT molecular complexity index is 452. The number of carbonyl (C=O) groups excluding carboxylic acids is 1. The summed E-state index contributed by atoms with van der Waals surface area (Å²) in [6.07, 6.45) is 2.53. The van der Waals surface area contributed by atoms with Crippen molar-refractivity contribution in [2.75, 3.05) is 27.2 Å². The van der Waals surface area contributed by atoms with Crippen molar-refractivity contribution >= 4 is 29.3 Å². The fourth-order valence-corrected chi connectivity index (χ4v) is 1.99. The van der Waals surface area contributed by atoms with Crippen molar-refractivity contribution < 1.29 is 14.7 Å². The van der Waals surface area contributed by atoms with Crippen molar-refractivity contribution in [3.8, 4) is 0 Å². The first-order valence-electron chi connectivity index (χ1n) is 5.41. The van der Waals surface area contributed by atoms with Crippen molar-refractivity contribution in [1.82, 2.24) is 10.2 Å². The van der Waals surface area contributed by atoms with Crippen LogP contribution in [-0.4, -0.2) is 49.1 Å². The first-order valence-corrected chi connectivity index (χ1v) is 6.29. The van der Waals surface area contributed by atoms with E-state index in [0.29, 0.717) is 12.1 Å². The van der Waals surface area contributed by atoms with Crippen molar-refractivity contribution in [1.29, 1.82) is 0 Å². The van der Waals surface area contributed by atoms with E-state index in [1.807, 2.05) is 19.0 Å². The van der Waals surface area contributed by atoms with Gasteiger partial charge in [-0.3, -0.25) is 4.79 Å². The van der Waals surface area contributed by atoms with Crippen LogP contribution >= 0.6 is 11.3 Å². The summed E-state index contributed by atoms with van der Waals surface area (Å²) < 4.78 is 0. The van der Waals surface area contributed by atoms with E-state index in [-0.39, 0.29) is 5.91 Å². The highest BCUT2D eigenvalue weighted by molar-refractivity contribution is 7.11. The Balaban J connectivity index is 2.52. The number of nitrogens with zero attached hydrogens (tertiary/aromatic N) is 1. The second kappa shape index (κ2) is 6.93. The molecule has 0 fully saturated rings. The van der Waals surface area contributed by atoms with E-state index in [0.717, 1.165) is 17.5 Å². The molecule has 1 rings (SSSR count). The maximum Gasteiger partial charge on any atom is 0.328 e. The average Bonchev–Trinajstić information content (AvgIpc) is 2.74. The molecule has 0 aliphatic rings. The maximum atomic E-state index is 11.7. The molecule has 2 N–H and O–H groups in total. The van der Waals surface area contributed by atoms with Crippen molar-refractivity contribution in [3.63, 3.8) is 0 Å². The Morgan fingerprint density at radius 3 is 2.83 bits per heavy atom. The fourth-order valence-electron chi connectivity index (χ4n) is 1.21. The molecule has 1 amide bonds. The standard InChI is InChI=1S/C12H16N2O3S/c1-14(2)6-5-13-12(17)9-7-10(18-8-9)3-4-11(15)16/h3-4,7-8H,5-6H2,1-2H3,(H,13,17)(H,15,16). The number of thiophene rings is 1. The molecule has 1 aromatic heterocycles. The lowest BCUT2D eigenvalue weighted by atomic mass is 10.3. The van der Waals surface area contributed by atoms with Gasteiger partial charge in [-0.2, -0.15) is 0 Å². The highest BCUT2D eigenvalue weighted by Crippen LogP contribution is 2.16. The van der Waals surface area contributed by atoms with Gasteiger partial charge in [0.15, 0.2) is 0 Å². The van der Waals surface area contributed by atoms with Crippen LogP contribution in [0.4, 0.5) is 0 Å². The summed E-state index contributed by atoms with van der Waals surface area (Å²) in [6.45, 7) is 1.36.